The molecule has 0 aliphatic rings. The quantitative estimate of drug-likeness (QED) is 0.879. The minimum atomic E-state index is -0.267. The Bertz CT molecular complexity index is 614. The van der Waals surface area contributed by atoms with Gasteiger partial charge in [0, 0.05) is 11.6 Å². The molecule has 2 rings (SSSR count). The summed E-state index contributed by atoms with van der Waals surface area (Å²) in [4.78, 5) is 11.8. The predicted molar refractivity (Wildman–Crippen MR) is 84.8 cm³/mol. The lowest BCUT2D eigenvalue weighted by atomic mass is 10.0. The molecule has 0 bridgehead atoms. The van der Waals surface area contributed by atoms with Crippen LogP contribution in [0.5, 0.6) is 5.75 Å². The van der Waals surface area contributed by atoms with Crippen LogP contribution in [0.1, 0.15) is 18.4 Å². The van der Waals surface area contributed by atoms with E-state index < -0.39 is 0 Å². The number of carbonyl (C=O) groups is 1. The molecular weight excluding hydrogens is 305 g/mol. The Morgan fingerprint density at radius 2 is 1.82 bits per heavy atom. The zero-order chi connectivity index (χ0) is 15.9. The lowest BCUT2D eigenvalue weighted by Crippen LogP contribution is -2.31. The molecule has 0 aromatic heterocycles. The molecule has 22 heavy (non-hydrogen) atoms. The van der Waals surface area contributed by atoms with Gasteiger partial charge in [-0.15, -0.1) is 0 Å². The van der Waals surface area contributed by atoms with Crippen LogP contribution in [0, 0.1) is 5.82 Å². The highest BCUT2D eigenvalue weighted by molar-refractivity contribution is 6.30. The Morgan fingerprint density at radius 1 is 1.18 bits per heavy atom. The normalized spacial score (nSPS) is 11.8. The molecule has 5 heteroatoms. The van der Waals surface area contributed by atoms with E-state index in [-0.39, 0.29) is 24.2 Å². The molecule has 1 N–H and O–H groups in total. The van der Waals surface area contributed by atoms with Crippen LogP contribution in [0.15, 0.2) is 48.5 Å². The van der Waals surface area contributed by atoms with Gasteiger partial charge in [-0.05, 0) is 47.9 Å². The van der Waals surface area contributed by atoms with Gasteiger partial charge in [-0.1, -0.05) is 30.7 Å². The Morgan fingerprint density at radius 3 is 2.45 bits per heavy atom. The molecule has 116 valence electrons. The van der Waals surface area contributed by atoms with Gasteiger partial charge in [0.15, 0.2) is 6.61 Å². The van der Waals surface area contributed by atoms with Crippen LogP contribution in [0.2, 0.25) is 5.02 Å². The van der Waals surface area contributed by atoms with Gasteiger partial charge in [0.25, 0.3) is 5.91 Å². The van der Waals surface area contributed by atoms with Gasteiger partial charge in [-0.25, -0.2) is 4.39 Å². The number of benzene rings is 2. The second-order valence-corrected chi connectivity index (χ2v) is 5.44. The third kappa shape index (κ3) is 5.04. The van der Waals surface area contributed by atoms with E-state index in [0.717, 1.165) is 5.56 Å². The van der Waals surface area contributed by atoms with Crippen molar-refractivity contribution in [3.63, 3.8) is 0 Å². The van der Waals surface area contributed by atoms with E-state index in [1.54, 1.807) is 36.4 Å². The van der Waals surface area contributed by atoms with Crippen LogP contribution in [-0.4, -0.2) is 19.1 Å². The van der Waals surface area contributed by atoms with Gasteiger partial charge in [-0.3, -0.25) is 4.79 Å². The standard InChI is InChI=1S/C17H17ClFNO2/c1-12(13-2-6-15(19)7-3-13)10-20-17(21)11-22-16-8-4-14(18)5-9-16/h2-9,12H,10-11H2,1H3,(H,20,21). The number of hydrogen-bond donors (Lipinski definition) is 1. The van der Waals surface area contributed by atoms with Crippen molar-refractivity contribution in [2.75, 3.05) is 13.2 Å². The Kier molecular flexibility index (Phi) is 5.78. The highest BCUT2D eigenvalue weighted by Crippen LogP contribution is 2.16. The Balaban J connectivity index is 1.75. The summed E-state index contributed by atoms with van der Waals surface area (Å²) in [6, 6.07) is 13.1. The molecule has 0 radical (unpaired) electrons. The van der Waals surface area contributed by atoms with Crippen LogP contribution < -0.4 is 10.1 Å². The maximum absolute atomic E-state index is 12.9. The first-order valence-corrected chi connectivity index (χ1v) is 7.33. The lowest BCUT2D eigenvalue weighted by molar-refractivity contribution is -0.123. The fraction of sp³-hybridized carbons (Fsp3) is 0.235. The first-order valence-electron chi connectivity index (χ1n) is 6.95. The van der Waals surface area contributed by atoms with E-state index in [2.05, 4.69) is 5.32 Å². The van der Waals surface area contributed by atoms with Crippen LogP contribution >= 0.6 is 11.6 Å². The topological polar surface area (TPSA) is 38.3 Å². The van der Waals surface area contributed by atoms with E-state index in [4.69, 9.17) is 16.3 Å². The molecule has 0 saturated heterocycles. The number of ether oxygens (including phenoxy) is 1. The molecule has 0 heterocycles. The summed E-state index contributed by atoms with van der Waals surface area (Å²) >= 11 is 5.77. The highest BCUT2D eigenvalue weighted by atomic mass is 35.5. The maximum atomic E-state index is 12.9. The zero-order valence-electron chi connectivity index (χ0n) is 12.2. The number of carbonyl (C=O) groups excluding carboxylic acids is 1. The average Bonchev–Trinajstić information content (AvgIpc) is 2.52. The number of halogens is 2. The average molecular weight is 322 g/mol. The first kappa shape index (κ1) is 16.3. The molecule has 0 fully saturated rings. The second kappa shape index (κ2) is 7.80. The van der Waals surface area contributed by atoms with Crippen LogP contribution in [0.3, 0.4) is 0 Å². The van der Waals surface area contributed by atoms with Crippen LogP contribution in [-0.2, 0) is 4.79 Å². The van der Waals surface area contributed by atoms with Crippen molar-refractivity contribution in [2.24, 2.45) is 0 Å². The van der Waals surface area contributed by atoms with Gasteiger partial charge in [-0.2, -0.15) is 0 Å². The van der Waals surface area contributed by atoms with Gasteiger partial charge in [0.05, 0.1) is 0 Å². The fourth-order valence-corrected chi connectivity index (χ4v) is 2.03. The fourth-order valence-electron chi connectivity index (χ4n) is 1.91. The summed E-state index contributed by atoms with van der Waals surface area (Å²) in [5.41, 5.74) is 0.973. The smallest absolute Gasteiger partial charge is 0.257 e. The van der Waals surface area contributed by atoms with Gasteiger partial charge in [0.1, 0.15) is 11.6 Å². The number of nitrogens with one attached hydrogen (secondary N) is 1. The monoisotopic (exact) mass is 321 g/mol. The van der Waals surface area contributed by atoms with Crippen LogP contribution in [0.25, 0.3) is 0 Å². The van der Waals surface area contributed by atoms with E-state index >= 15 is 0 Å². The van der Waals surface area contributed by atoms with Crippen LogP contribution in [0.4, 0.5) is 4.39 Å². The van der Waals surface area contributed by atoms with Crippen molar-refractivity contribution >= 4 is 17.5 Å². The molecule has 0 spiro atoms. The Labute approximate surface area is 134 Å². The Hall–Kier alpha value is -2.07. The van der Waals surface area contributed by atoms with Crippen molar-refractivity contribution in [3.8, 4) is 5.75 Å². The summed E-state index contributed by atoms with van der Waals surface area (Å²) in [6.07, 6.45) is 0. The summed E-state index contributed by atoms with van der Waals surface area (Å²) in [7, 11) is 0. The molecule has 0 aliphatic carbocycles. The molecular formula is C17H17ClFNO2. The lowest BCUT2D eigenvalue weighted by Gasteiger charge is -2.13. The minimum absolute atomic E-state index is 0.0578. The minimum Gasteiger partial charge on any atom is -0.484 e. The predicted octanol–water partition coefficient (Wildman–Crippen LogP) is 3.78. The molecule has 0 saturated carbocycles. The number of hydrogen-bond acceptors (Lipinski definition) is 2. The highest BCUT2D eigenvalue weighted by Gasteiger charge is 2.08. The van der Waals surface area contributed by atoms with E-state index in [9.17, 15) is 9.18 Å². The van der Waals surface area contributed by atoms with E-state index in [0.29, 0.717) is 17.3 Å². The summed E-state index contributed by atoms with van der Waals surface area (Å²) in [5.74, 6) is 0.214. The third-order valence-corrected chi connectivity index (χ3v) is 3.48. The molecule has 1 unspecified atom stereocenters. The van der Waals surface area contributed by atoms with E-state index in [1.807, 2.05) is 6.92 Å². The van der Waals surface area contributed by atoms with E-state index in [1.165, 1.54) is 12.1 Å². The zero-order valence-corrected chi connectivity index (χ0v) is 12.9. The summed E-state index contributed by atoms with van der Waals surface area (Å²) in [6.45, 7) is 2.37. The molecule has 2 aromatic carbocycles. The molecule has 2 aromatic rings. The second-order valence-electron chi connectivity index (χ2n) is 5.00. The largest absolute Gasteiger partial charge is 0.484 e. The van der Waals surface area contributed by atoms with Gasteiger partial charge >= 0.3 is 0 Å². The van der Waals surface area contributed by atoms with Crippen molar-refractivity contribution in [3.05, 3.63) is 64.9 Å². The van der Waals surface area contributed by atoms with Crippen molar-refractivity contribution in [1.82, 2.24) is 5.32 Å². The summed E-state index contributed by atoms with van der Waals surface area (Å²) in [5, 5.41) is 3.41. The van der Waals surface area contributed by atoms with Gasteiger partial charge in [0.2, 0.25) is 0 Å². The molecule has 1 atom stereocenters. The molecule has 1 amide bonds. The summed E-state index contributed by atoms with van der Waals surface area (Å²) < 4.78 is 18.2. The number of amides is 1. The SMILES string of the molecule is CC(CNC(=O)COc1ccc(Cl)cc1)c1ccc(F)cc1. The number of rotatable bonds is 6. The third-order valence-electron chi connectivity index (χ3n) is 3.23. The van der Waals surface area contributed by atoms with Crippen molar-refractivity contribution in [2.45, 2.75) is 12.8 Å². The first-order chi connectivity index (χ1) is 10.5. The molecule has 3 nitrogen and oxygen atoms in total. The molecule has 0 aliphatic heterocycles. The maximum Gasteiger partial charge on any atom is 0.257 e. The van der Waals surface area contributed by atoms with Gasteiger partial charge < -0.3 is 10.1 Å². The van der Waals surface area contributed by atoms with Crippen molar-refractivity contribution < 1.29 is 13.9 Å². The van der Waals surface area contributed by atoms with Crippen molar-refractivity contribution in [1.29, 1.82) is 0 Å².